The van der Waals surface area contributed by atoms with Crippen molar-refractivity contribution in [3.05, 3.63) is 12.7 Å². The van der Waals surface area contributed by atoms with E-state index in [9.17, 15) is 4.21 Å². The molecule has 2 atom stereocenters. The fourth-order valence-corrected chi connectivity index (χ4v) is 1.13. The van der Waals surface area contributed by atoms with E-state index < -0.39 is 9.73 Å². The quantitative estimate of drug-likeness (QED) is 0.649. The van der Waals surface area contributed by atoms with Crippen molar-refractivity contribution in [3.8, 4) is 0 Å². The van der Waals surface area contributed by atoms with Crippen LogP contribution in [0.15, 0.2) is 12.7 Å². The average Bonchev–Trinajstić information content (AvgIpc) is 1.84. The summed E-state index contributed by atoms with van der Waals surface area (Å²) in [6, 6.07) is 0. The lowest BCUT2D eigenvalue weighted by atomic mass is 10.3. The molecule has 0 bridgehead atoms. The number of hydrogen-bond acceptors (Lipinski definition) is 3. The molecule has 0 radical (unpaired) electrons. The van der Waals surface area contributed by atoms with Crippen LogP contribution in [0.3, 0.4) is 0 Å². The summed E-state index contributed by atoms with van der Waals surface area (Å²) in [4.78, 5) is 0. The highest BCUT2D eigenvalue weighted by Gasteiger charge is 2.01. The Kier molecular flexibility index (Phi) is 5.17. The Bertz CT molecular complexity index is 221. The summed E-state index contributed by atoms with van der Waals surface area (Å²) in [6.45, 7) is 5.91. The molecular weight excluding hydrogens is 174 g/mol. The minimum absolute atomic E-state index is 0.115. The predicted molar refractivity (Wildman–Crippen MR) is 51.9 cm³/mol. The van der Waals surface area contributed by atoms with Gasteiger partial charge < -0.3 is 4.74 Å². The molecule has 0 spiro atoms. The zero-order valence-corrected chi connectivity index (χ0v) is 8.52. The molecule has 0 rings (SSSR count). The Hall–Kier alpha value is -0.350. The van der Waals surface area contributed by atoms with E-state index in [0.29, 0.717) is 12.4 Å². The van der Waals surface area contributed by atoms with Gasteiger partial charge in [0.1, 0.15) is 0 Å². The molecule has 0 aromatic carbocycles. The molecule has 12 heavy (non-hydrogen) atoms. The van der Waals surface area contributed by atoms with Crippen molar-refractivity contribution in [2.45, 2.75) is 19.4 Å². The van der Waals surface area contributed by atoms with E-state index in [2.05, 4.69) is 6.58 Å². The smallest absolute Gasteiger partial charge is 0.0593 e. The van der Waals surface area contributed by atoms with Crippen LogP contribution in [0.25, 0.3) is 0 Å². The van der Waals surface area contributed by atoms with Gasteiger partial charge in [0.25, 0.3) is 0 Å². The molecule has 0 heterocycles. The summed E-state index contributed by atoms with van der Waals surface area (Å²) in [5, 5.41) is 0. The highest BCUT2D eigenvalue weighted by atomic mass is 32.2. The van der Waals surface area contributed by atoms with Gasteiger partial charge in [-0.2, -0.15) is 0 Å². The van der Waals surface area contributed by atoms with Crippen molar-refractivity contribution in [2.24, 2.45) is 0 Å². The first-order valence-electron chi connectivity index (χ1n) is 3.89. The van der Waals surface area contributed by atoms with E-state index in [0.717, 1.165) is 6.42 Å². The predicted octanol–water partition coefficient (Wildman–Crippen LogP) is 1.64. The van der Waals surface area contributed by atoms with Crippen LogP contribution < -0.4 is 0 Å². The second kappa shape index (κ2) is 5.32. The maximum absolute atomic E-state index is 10.9. The fraction of sp³-hybridized carbons (Fsp3) is 0.750. The van der Waals surface area contributed by atoms with Crippen molar-refractivity contribution < 1.29 is 8.95 Å². The van der Waals surface area contributed by atoms with Crippen molar-refractivity contribution >= 4 is 9.73 Å². The topological polar surface area (TPSA) is 50.1 Å². The lowest BCUT2D eigenvalue weighted by Crippen LogP contribution is -2.14. The maximum atomic E-state index is 10.9. The first-order chi connectivity index (χ1) is 5.45. The Balaban J connectivity index is 3.50. The molecule has 72 valence electrons. The second-order valence-corrected chi connectivity index (χ2v) is 5.33. The summed E-state index contributed by atoms with van der Waals surface area (Å²) >= 11 is 0. The van der Waals surface area contributed by atoms with Crippen molar-refractivity contribution in [2.75, 3.05) is 18.6 Å². The van der Waals surface area contributed by atoms with E-state index in [1.54, 1.807) is 6.08 Å². The number of nitrogens with one attached hydrogen (secondary N) is 1. The van der Waals surface area contributed by atoms with Gasteiger partial charge in [-0.3, -0.25) is 8.99 Å². The van der Waals surface area contributed by atoms with E-state index >= 15 is 0 Å². The summed E-state index contributed by atoms with van der Waals surface area (Å²) in [5.74, 6) is 0.314. The molecule has 3 nitrogen and oxygen atoms in total. The largest absolute Gasteiger partial charge is 0.377 e. The maximum Gasteiger partial charge on any atom is 0.0593 e. The lowest BCUT2D eigenvalue weighted by molar-refractivity contribution is 0.0803. The van der Waals surface area contributed by atoms with Gasteiger partial charge in [0.2, 0.25) is 0 Å². The Morgan fingerprint density at radius 3 is 2.75 bits per heavy atom. The SMILES string of the molecule is C=CCC(C)OCCS(C)(=N)=O. The molecule has 1 N–H and O–H groups in total. The summed E-state index contributed by atoms with van der Waals surface area (Å²) in [6.07, 6.45) is 4.12. The Morgan fingerprint density at radius 1 is 1.75 bits per heavy atom. The monoisotopic (exact) mass is 191 g/mol. The molecule has 0 aliphatic heterocycles. The van der Waals surface area contributed by atoms with E-state index in [1.165, 1.54) is 6.26 Å². The molecule has 2 unspecified atom stereocenters. The number of ether oxygens (including phenoxy) is 1. The van der Waals surface area contributed by atoms with Crippen molar-refractivity contribution in [1.29, 1.82) is 4.78 Å². The third-order valence-electron chi connectivity index (χ3n) is 1.37. The zero-order valence-electron chi connectivity index (χ0n) is 7.71. The zero-order chi connectivity index (χ0) is 9.61. The third-order valence-corrected chi connectivity index (χ3v) is 2.32. The normalized spacial score (nSPS) is 18.2. The Morgan fingerprint density at radius 2 is 2.33 bits per heavy atom. The van der Waals surface area contributed by atoms with Crippen molar-refractivity contribution in [1.82, 2.24) is 0 Å². The van der Waals surface area contributed by atoms with Crippen LogP contribution in [0.2, 0.25) is 0 Å². The van der Waals surface area contributed by atoms with Gasteiger partial charge in [0, 0.05) is 16.0 Å². The lowest BCUT2D eigenvalue weighted by Gasteiger charge is -2.10. The van der Waals surface area contributed by atoms with Gasteiger partial charge in [-0.25, -0.2) is 0 Å². The first-order valence-corrected chi connectivity index (χ1v) is 6.03. The van der Waals surface area contributed by atoms with E-state index in [-0.39, 0.29) is 6.10 Å². The van der Waals surface area contributed by atoms with Crippen molar-refractivity contribution in [3.63, 3.8) is 0 Å². The summed E-state index contributed by atoms with van der Waals surface area (Å²) in [7, 11) is -2.39. The van der Waals surface area contributed by atoms with E-state index in [4.69, 9.17) is 9.52 Å². The fourth-order valence-electron chi connectivity index (χ4n) is 0.711. The van der Waals surface area contributed by atoms with Gasteiger partial charge in [-0.15, -0.1) is 6.58 Å². The minimum atomic E-state index is -2.39. The van der Waals surface area contributed by atoms with Gasteiger partial charge in [0.05, 0.1) is 18.5 Å². The third kappa shape index (κ3) is 7.75. The van der Waals surface area contributed by atoms with Crippen LogP contribution in [-0.2, 0) is 14.5 Å². The van der Waals surface area contributed by atoms with Gasteiger partial charge >= 0.3 is 0 Å². The summed E-state index contributed by atoms with van der Waals surface area (Å²) < 4.78 is 23.3. The van der Waals surface area contributed by atoms with Crippen LogP contribution in [0, 0.1) is 4.78 Å². The minimum Gasteiger partial charge on any atom is -0.377 e. The number of hydrogen-bond donors (Lipinski definition) is 1. The standard InChI is InChI=1S/C8H17NO2S/c1-4-5-8(2)11-6-7-12(3,9)10/h4,8-9H,1,5-7H2,2-3H3. The van der Waals surface area contributed by atoms with Gasteiger partial charge in [-0.1, -0.05) is 6.08 Å². The molecule has 0 aliphatic rings. The molecule has 0 saturated carbocycles. The van der Waals surface area contributed by atoms with Crippen LogP contribution in [-0.4, -0.2) is 28.9 Å². The van der Waals surface area contributed by atoms with Crippen LogP contribution in [0.4, 0.5) is 0 Å². The molecule has 0 amide bonds. The molecule has 0 saturated heterocycles. The van der Waals surface area contributed by atoms with Crippen LogP contribution in [0.1, 0.15) is 13.3 Å². The molecule has 0 fully saturated rings. The number of rotatable bonds is 6. The molecule has 4 heteroatoms. The highest BCUT2D eigenvalue weighted by Crippen LogP contribution is 1.98. The van der Waals surface area contributed by atoms with Crippen LogP contribution in [0.5, 0.6) is 0 Å². The average molecular weight is 191 g/mol. The second-order valence-electron chi connectivity index (χ2n) is 2.91. The Labute approximate surface area is 74.8 Å². The highest BCUT2D eigenvalue weighted by molar-refractivity contribution is 7.91. The molecular formula is C8H17NO2S. The van der Waals surface area contributed by atoms with E-state index in [1.807, 2.05) is 6.92 Å². The summed E-state index contributed by atoms with van der Waals surface area (Å²) in [5.41, 5.74) is 0. The van der Waals surface area contributed by atoms with Crippen LogP contribution >= 0.6 is 0 Å². The molecule has 0 aromatic rings. The van der Waals surface area contributed by atoms with Gasteiger partial charge in [0.15, 0.2) is 0 Å². The van der Waals surface area contributed by atoms with Gasteiger partial charge in [-0.05, 0) is 13.3 Å². The first kappa shape index (κ1) is 11.6. The molecule has 0 aromatic heterocycles. The molecule has 0 aliphatic carbocycles.